The lowest BCUT2D eigenvalue weighted by molar-refractivity contribution is 0.419. The highest BCUT2D eigenvalue weighted by Gasteiger charge is 2.05. The van der Waals surface area contributed by atoms with Crippen LogP contribution in [0.1, 0.15) is 5.56 Å². The fourth-order valence-electron chi connectivity index (χ4n) is 2.34. The largest absolute Gasteiger partial charge is 0.496 e. The smallest absolute Gasteiger partial charge is 0.212 e. The maximum Gasteiger partial charge on any atom is 0.212 e. The Bertz CT molecular complexity index is 756. The Labute approximate surface area is 122 Å². The maximum atomic E-state index is 12.8. The average molecular weight is 282 g/mol. The zero-order chi connectivity index (χ0) is 14.7. The fourth-order valence-corrected chi connectivity index (χ4v) is 2.34. The predicted octanol–water partition coefficient (Wildman–Crippen LogP) is 3.99. The van der Waals surface area contributed by atoms with Gasteiger partial charge in [-0.15, -0.1) is 0 Å². The average Bonchev–Trinajstić information content (AvgIpc) is 2.54. The van der Waals surface area contributed by atoms with Crippen LogP contribution in [0.2, 0.25) is 0 Å². The molecule has 3 rings (SSSR count). The molecule has 0 aliphatic carbocycles. The standard InChI is InChI=1S/C17H15FN2O/c1-21-16-8-6-12(14-4-2-3-5-15(14)16)10-19-13-7-9-17(18)20-11-13/h2-9,11,19H,10H2,1H3. The Kier molecular flexibility index (Phi) is 3.69. The molecule has 0 atom stereocenters. The van der Waals surface area contributed by atoms with Gasteiger partial charge in [-0.1, -0.05) is 30.3 Å². The Balaban J connectivity index is 1.89. The van der Waals surface area contributed by atoms with E-state index in [-0.39, 0.29) is 0 Å². The SMILES string of the molecule is COc1ccc(CNc2ccc(F)nc2)c2ccccc12. The van der Waals surface area contributed by atoms with Crippen LogP contribution in [0.25, 0.3) is 10.8 Å². The first-order chi connectivity index (χ1) is 10.3. The molecule has 0 spiro atoms. The van der Waals surface area contributed by atoms with Crippen molar-refractivity contribution in [2.24, 2.45) is 0 Å². The number of methoxy groups -OCH3 is 1. The number of rotatable bonds is 4. The molecular weight excluding hydrogens is 267 g/mol. The van der Waals surface area contributed by atoms with Gasteiger partial charge in [-0.05, 0) is 29.1 Å². The second kappa shape index (κ2) is 5.79. The van der Waals surface area contributed by atoms with E-state index >= 15 is 0 Å². The van der Waals surface area contributed by atoms with Gasteiger partial charge < -0.3 is 10.1 Å². The van der Waals surface area contributed by atoms with Crippen LogP contribution >= 0.6 is 0 Å². The summed E-state index contributed by atoms with van der Waals surface area (Å²) in [5.74, 6) is 0.383. The number of benzene rings is 2. The lowest BCUT2D eigenvalue weighted by Gasteiger charge is -2.12. The maximum absolute atomic E-state index is 12.8. The second-order valence-corrected chi connectivity index (χ2v) is 4.70. The Morgan fingerprint density at radius 2 is 1.86 bits per heavy atom. The van der Waals surface area contributed by atoms with E-state index in [1.54, 1.807) is 13.2 Å². The second-order valence-electron chi connectivity index (χ2n) is 4.70. The van der Waals surface area contributed by atoms with Crippen molar-refractivity contribution >= 4 is 16.5 Å². The molecule has 0 bridgehead atoms. The molecule has 0 saturated heterocycles. The predicted molar refractivity (Wildman–Crippen MR) is 82.0 cm³/mol. The normalized spacial score (nSPS) is 10.6. The highest BCUT2D eigenvalue weighted by atomic mass is 19.1. The van der Waals surface area contributed by atoms with Crippen molar-refractivity contribution in [3.63, 3.8) is 0 Å². The number of hydrogen-bond donors (Lipinski definition) is 1. The van der Waals surface area contributed by atoms with Crippen molar-refractivity contribution in [3.8, 4) is 5.75 Å². The van der Waals surface area contributed by atoms with Gasteiger partial charge in [0.25, 0.3) is 0 Å². The lowest BCUT2D eigenvalue weighted by Crippen LogP contribution is -2.01. The van der Waals surface area contributed by atoms with Crippen LogP contribution in [0.15, 0.2) is 54.7 Å². The Morgan fingerprint density at radius 3 is 2.57 bits per heavy atom. The van der Waals surface area contributed by atoms with Gasteiger partial charge in [0.05, 0.1) is 19.0 Å². The third-order valence-corrected chi connectivity index (χ3v) is 3.40. The number of pyridine rings is 1. The molecule has 0 aliphatic rings. The number of anilines is 1. The van der Waals surface area contributed by atoms with Crippen LogP contribution in [0.3, 0.4) is 0 Å². The van der Waals surface area contributed by atoms with Crippen molar-refractivity contribution in [1.29, 1.82) is 0 Å². The molecule has 0 fully saturated rings. The summed E-state index contributed by atoms with van der Waals surface area (Å²) >= 11 is 0. The molecule has 1 heterocycles. The Hall–Kier alpha value is -2.62. The molecule has 0 aliphatic heterocycles. The molecule has 1 aromatic heterocycles. The van der Waals surface area contributed by atoms with E-state index in [1.807, 2.05) is 30.3 Å². The number of halogens is 1. The van der Waals surface area contributed by atoms with E-state index < -0.39 is 5.95 Å². The van der Waals surface area contributed by atoms with E-state index in [2.05, 4.69) is 16.4 Å². The minimum absolute atomic E-state index is 0.476. The van der Waals surface area contributed by atoms with E-state index in [9.17, 15) is 4.39 Å². The lowest BCUT2D eigenvalue weighted by atomic mass is 10.0. The van der Waals surface area contributed by atoms with Crippen LogP contribution in [0.5, 0.6) is 5.75 Å². The number of fused-ring (bicyclic) bond motifs is 1. The molecular formula is C17H15FN2O. The van der Waals surface area contributed by atoms with E-state index in [1.165, 1.54) is 12.3 Å². The highest BCUT2D eigenvalue weighted by molar-refractivity contribution is 5.91. The van der Waals surface area contributed by atoms with Gasteiger partial charge in [-0.2, -0.15) is 4.39 Å². The van der Waals surface area contributed by atoms with Crippen LogP contribution in [-0.4, -0.2) is 12.1 Å². The number of hydrogen-bond acceptors (Lipinski definition) is 3. The number of aromatic nitrogens is 1. The third kappa shape index (κ3) is 2.79. The molecule has 0 amide bonds. The summed E-state index contributed by atoms with van der Waals surface area (Å²) < 4.78 is 18.2. The molecule has 2 aromatic carbocycles. The molecule has 3 nitrogen and oxygen atoms in total. The first-order valence-corrected chi connectivity index (χ1v) is 6.68. The summed E-state index contributed by atoms with van der Waals surface area (Å²) in [6.07, 6.45) is 1.49. The van der Waals surface area contributed by atoms with Gasteiger partial charge in [-0.3, -0.25) is 0 Å². The topological polar surface area (TPSA) is 34.1 Å². The van der Waals surface area contributed by atoms with Gasteiger partial charge in [0, 0.05) is 11.9 Å². The molecule has 4 heteroatoms. The molecule has 0 radical (unpaired) electrons. The first kappa shape index (κ1) is 13.4. The summed E-state index contributed by atoms with van der Waals surface area (Å²) in [5, 5.41) is 5.47. The zero-order valence-corrected chi connectivity index (χ0v) is 11.6. The summed E-state index contributed by atoms with van der Waals surface area (Å²) in [6.45, 7) is 0.637. The number of nitrogens with zero attached hydrogens (tertiary/aromatic N) is 1. The molecule has 3 aromatic rings. The van der Waals surface area contributed by atoms with Gasteiger partial charge in [0.15, 0.2) is 0 Å². The molecule has 21 heavy (non-hydrogen) atoms. The van der Waals surface area contributed by atoms with Crippen molar-refractivity contribution in [2.45, 2.75) is 6.54 Å². The minimum atomic E-state index is -0.476. The van der Waals surface area contributed by atoms with Crippen LogP contribution in [0, 0.1) is 5.95 Å². The van der Waals surface area contributed by atoms with Crippen molar-refractivity contribution in [1.82, 2.24) is 4.98 Å². The monoisotopic (exact) mass is 282 g/mol. The molecule has 0 unspecified atom stereocenters. The van der Waals surface area contributed by atoms with Crippen LogP contribution in [0.4, 0.5) is 10.1 Å². The highest BCUT2D eigenvalue weighted by Crippen LogP contribution is 2.28. The number of nitrogens with one attached hydrogen (secondary N) is 1. The van der Waals surface area contributed by atoms with Crippen LogP contribution < -0.4 is 10.1 Å². The van der Waals surface area contributed by atoms with E-state index in [0.29, 0.717) is 6.54 Å². The van der Waals surface area contributed by atoms with Crippen molar-refractivity contribution in [3.05, 3.63) is 66.2 Å². The zero-order valence-electron chi connectivity index (χ0n) is 11.6. The molecule has 0 saturated carbocycles. The quantitative estimate of drug-likeness (QED) is 0.735. The minimum Gasteiger partial charge on any atom is -0.496 e. The van der Waals surface area contributed by atoms with Gasteiger partial charge in [-0.25, -0.2) is 4.98 Å². The summed E-state index contributed by atoms with van der Waals surface area (Å²) in [7, 11) is 1.67. The van der Waals surface area contributed by atoms with E-state index in [0.717, 1.165) is 27.8 Å². The van der Waals surface area contributed by atoms with Gasteiger partial charge in [0.1, 0.15) is 5.75 Å². The molecule has 1 N–H and O–H groups in total. The Morgan fingerprint density at radius 1 is 1.05 bits per heavy atom. The summed E-state index contributed by atoms with van der Waals surface area (Å²) in [6, 6.07) is 15.1. The first-order valence-electron chi connectivity index (χ1n) is 6.68. The number of ether oxygens (including phenoxy) is 1. The van der Waals surface area contributed by atoms with Crippen molar-refractivity contribution in [2.75, 3.05) is 12.4 Å². The summed E-state index contributed by atoms with van der Waals surface area (Å²) in [4.78, 5) is 3.63. The van der Waals surface area contributed by atoms with Gasteiger partial charge >= 0.3 is 0 Å². The fraction of sp³-hybridized carbons (Fsp3) is 0.118. The van der Waals surface area contributed by atoms with Gasteiger partial charge in [0.2, 0.25) is 5.95 Å². The van der Waals surface area contributed by atoms with Crippen molar-refractivity contribution < 1.29 is 9.13 Å². The summed E-state index contributed by atoms with van der Waals surface area (Å²) in [5.41, 5.74) is 1.94. The third-order valence-electron chi connectivity index (χ3n) is 3.40. The van der Waals surface area contributed by atoms with Crippen LogP contribution in [-0.2, 0) is 6.54 Å². The van der Waals surface area contributed by atoms with E-state index in [4.69, 9.17) is 4.74 Å². The molecule has 106 valence electrons.